The van der Waals surface area contributed by atoms with Crippen molar-refractivity contribution in [3.8, 4) is 0 Å². The van der Waals surface area contributed by atoms with Crippen molar-refractivity contribution in [2.45, 2.75) is 32.4 Å². The molecule has 0 radical (unpaired) electrons. The first-order valence-corrected chi connectivity index (χ1v) is 6.40. The molecule has 2 atom stereocenters. The lowest BCUT2D eigenvalue weighted by Crippen LogP contribution is -2.62. The van der Waals surface area contributed by atoms with E-state index in [0.717, 1.165) is 26.2 Å². The van der Waals surface area contributed by atoms with Crippen LogP contribution < -0.4 is 10.6 Å². The van der Waals surface area contributed by atoms with Crippen molar-refractivity contribution in [3.05, 3.63) is 0 Å². The quantitative estimate of drug-likeness (QED) is 0.603. The molecule has 0 aromatic carbocycles. The highest BCUT2D eigenvalue weighted by Crippen LogP contribution is 2.40. The summed E-state index contributed by atoms with van der Waals surface area (Å²) in [6, 6.07) is 0.118. The van der Waals surface area contributed by atoms with Crippen LogP contribution in [0.3, 0.4) is 0 Å². The Labute approximate surface area is 103 Å². The average molecular weight is 241 g/mol. The summed E-state index contributed by atoms with van der Waals surface area (Å²) in [6.45, 7) is 8.26. The lowest BCUT2D eigenvalue weighted by molar-refractivity contribution is -0.130. The molecule has 2 aliphatic rings. The molecular formula is C12H23N3O2. The number of rotatable bonds is 3. The third kappa shape index (κ3) is 2.78. The van der Waals surface area contributed by atoms with Gasteiger partial charge in [-0.25, -0.2) is 0 Å². The number of amides is 1. The lowest BCUT2D eigenvalue weighted by atomic mass is 9.64. The predicted molar refractivity (Wildman–Crippen MR) is 65.6 cm³/mol. The smallest absolute Gasteiger partial charge is 0.234 e. The Morgan fingerprint density at radius 3 is 2.65 bits per heavy atom. The highest BCUT2D eigenvalue weighted by molar-refractivity contribution is 5.78. The molecule has 0 aromatic rings. The van der Waals surface area contributed by atoms with Crippen LogP contribution in [0.25, 0.3) is 0 Å². The van der Waals surface area contributed by atoms with E-state index in [9.17, 15) is 9.90 Å². The summed E-state index contributed by atoms with van der Waals surface area (Å²) in [7, 11) is 0. The van der Waals surface area contributed by atoms with Gasteiger partial charge >= 0.3 is 0 Å². The first-order valence-electron chi connectivity index (χ1n) is 6.40. The zero-order valence-electron chi connectivity index (χ0n) is 10.7. The topological polar surface area (TPSA) is 64.6 Å². The highest BCUT2D eigenvalue weighted by Gasteiger charge is 2.47. The largest absolute Gasteiger partial charge is 0.392 e. The van der Waals surface area contributed by atoms with Crippen molar-refractivity contribution < 1.29 is 9.90 Å². The molecule has 0 bridgehead atoms. The molecule has 98 valence electrons. The second-order valence-electron chi connectivity index (χ2n) is 5.72. The summed E-state index contributed by atoms with van der Waals surface area (Å²) in [5.41, 5.74) is -0.181. The first kappa shape index (κ1) is 12.8. The van der Waals surface area contributed by atoms with Crippen molar-refractivity contribution in [2.75, 3.05) is 32.7 Å². The zero-order valence-corrected chi connectivity index (χ0v) is 10.7. The molecule has 3 N–H and O–H groups in total. The van der Waals surface area contributed by atoms with Gasteiger partial charge in [-0.2, -0.15) is 0 Å². The highest BCUT2D eigenvalue weighted by atomic mass is 16.3. The number of hydrogen-bond acceptors (Lipinski definition) is 4. The minimum absolute atomic E-state index is 0.0804. The molecule has 0 aromatic heterocycles. The van der Waals surface area contributed by atoms with Gasteiger partial charge in [0.15, 0.2) is 0 Å². The molecule has 1 aliphatic heterocycles. The number of carbonyl (C=O) groups excluding carboxylic acids is 1. The predicted octanol–water partition coefficient (Wildman–Crippen LogP) is -0.833. The summed E-state index contributed by atoms with van der Waals surface area (Å²) in [4.78, 5) is 14.0. The minimum atomic E-state index is -0.285. The molecule has 2 unspecified atom stereocenters. The van der Waals surface area contributed by atoms with E-state index in [0.29, 0.717) is 13.0 Å². The van der Waals surface area contributed by atoms with Gasteiger partial charge in [0.25, 0.3) is 0 Å². The van der Waals surface area contributed by atoms with Crippen LogP contribution in [0.15, 0.2) is 0 Å². The van der Waals surface area contributed by atoms with E-state index in [1.165, 1.54) is 0 Å². The van der Waals surface area contributed by atoms with Crippen LogP contribution >= 0.6 is 0 Å². The molecule has 1 heterocycles. The maximum atomic E-state index is 11.9. The molecule has 17 heavy (non-hydrogen) atoms. The second-order valence-corrected chi connectivity index (χ2v) is 5.72. The number of aliphatic hydroxyl groups excluding tert-OH is 1. The normalized spacial score (nSPS) is 32.9. The van der Waals surface area contributed by atoms with Gasteiger partial charge in [-0.3, -0.25) is 9.69 Å². The maximum Gasteiger partial charge on any atom is 0.234 e. The Kier molecular flexibility index (Phi) is 3.70. The standard InChI is InChI=1S/C12H23N3O2/c1-12(2)9(7-10(12)16)14-11(17)8-15-5-3-13-4-6-15/h9-10,13,16H,3-8H2,1-2H3,(H,14,17). The van der Waals surface area contributed by atoms with E-state index in [2.05, 4.69) is 15.5 Å². The second kappa shape index (κ2) is 4.92. The number of aliphatic hydroxyl groups is 1. The van der Waals surface area contributed by atoms with Crippen molar-refractivity contribution in [3.63, 3.8) is 0 Å². The van der Waals surface area contributed by atoms with Gasteiger partial charge < -0.3 is 15.7 Å². The monoisotopic (exact) mass is 241 g/mol. The third-order valence-corrected chi connectivity index (χ3v) is 4.13. The third-order valence-electron chi connectivity index (χ3n) is 4.13. The van der Waals surface area contributed by atoms with Crippen molar-refractivity contribution >= 4 is 5.91 Å². The van der Waals surface area contributed by atoms with Gasteiger partial charge in [0.05, 0.1) is 12.6 Å². The Balaban J connectivity index is 1.74. The van der Waals surface area contributed by atoms with E-state index in [1.54, 1.807) is 0 Å². The Morgan fingerprint density at radius 2 is 2.12 bits per heavy atom. The summed E-state index contributed by atoms with van der Waals surface area (Å²) >= 11 is 0. The van der Waals surface area contributed by atoms with Gasteiger partial charge in [0.2, 0.25) is 5.91 Å². The van der Waals surface area contributed by atoms with Crippen LogP contribution in [-0.4, -0.2) is 60.8 Å². The summed E-state index contributed by atoms with van der Waals surface area (Å²) in [6.07, 6.45) is 0.396. The number of nitrogens with zero attached hydrogens (tertiary/aromatic N) is 1. The van der Waals surface area contributed by atoms with Crippen molar-refractivity contribution in [1.82, 2.24) is 15.5 Å². The van der Waals surface area contributed by atoms with Gasteiger partial charge in [-0.15, -0.1) is 0 Å². The Morgan fingerprint density at radius 1 is 1.47 bits per heavy atom. The summed E-state index contributed by atoms with van der Waals surface area (Å²) < 4.78 is 0. The lowest BCUT2D eigenvalue weighted by Gasteiger charge is -2.49. The summed E-state index contributed by atoms with van der Waals surface area (Å²) in [5, 5.41) is 15.9. The zero-order chi connectivity index (χ0) is 12.5. The number of nitrogens with one attached hydrogen (secondary N) is 2. The minimum Gasteiger partial charge on any atom is -0.392 e. The number of piperazine rings is 1. The van der Waals surface area contributed by atoms with Crippen LogP contribution in [0.1, 0.15) is 20.3 Å². The molecule has 2 fully saturated rings. The fourth-order valence-corrected chi connectivity index (χ4v) is 2.46. The van der Waals surface area contributed by atoms with Crippen LogP contribution in [-0.2, 0) is 4.79 Å². The van der Waals surface area contributed by atoms with Gasteiger partial charge in [-0.05, 0) is 6.42 Å². The molecule has 1 saturated carbocycles. The molecule has 0 spiro atoms. The molecule has 1 amide bonds. The van der Waals surface area contributed by atoms with Crippen LogP contribution in [0.5, 0.6) is 0 Å². The molecule has 1 saturated heterocycles. The van der Waals surface area contributed by atoms with Crippen molar-refractivity contribution in [2.24, 2.45) is 5.41 Å². The van der Waals surface area contributed by atoms with Crippen LogP contribution in [0.2, 0.25) is 0 Å². The SMILES string of the molecule is CC1(C)C(O)CC1NC(=O)CN1CCNCC1. The van der Waals surface area contributed by atoms with E-state index in [1.807, 2.05) is 13.8 Å². The maximum absolute atomic E-state index is 11.9. The molecule has 5 heteroatoms. The molecular weight excluding hydrogens is 218 g/mol. The average Bonchev–Trinajstić information content (AvgIpc) is 2.30. The van der Waals surface area contributed by atoms with E-state index in [4.69, 9.17) is 0 Å². The Bertz CT molecular complexity index is 287. The molecule has 1 aliphatic carbocycles. The summed E-state index contributed by atoms with van der Waals surface area (Å²) in [5.74, 6) is 0.0804. The van der Waals surface area contributed by atoms with Gasteiger partial charge in [0.1, 0.15) is 0 Å². The molecule has 2 rings (SSSR count). The Hall–Kier alpha value is -0.650. The van der Waals surface area contributed by atoms with Crippen LogP contribution in [0, 0.1) is 5.41 Å². The molecule has 5 nitrogen and oxygen atoms in total. The first-order chi connectivity index (χ1) is 8.00. The van der Waals surface area contributed by atoms with Crippen LogP contribution in [0.4, 0.5) is 0 Å². The van der Waals surface area contributed by atoms with E-state index < -0.39 is 0 Å². The van der Waals surface area contributed by atoms with E-state index >= 15 is 0 Å². The fourth-order valence-electron chi connectivity index (χ4n) is 2.46. The fraction of sp³-hybridized carbons (Fsp3) is 0.917. The number of hydrogen-bond donors (Lipinski definition) is 3. The van der Waals surface area contributed by atoms with Crippen molar-refractivity contribution in [1.29, 1.82) is 0 Å². The van der Waals surface area contributed by atoms with Gasteiger partial charge in [-0.1, -0.05) is 13.8 Å². The van der Waals surface area contributed by atoms with Gasteiger partial charge in [0, 0.05) is 37.6 Å². The number of carbonyl (C=O) groups is 1. The van der Waals surface area contributed by atoms with E-state index in [-0.39, 0.29) is 23.5 Å².